The summed E-state index contributed by atoms with van der Waals surface area (Å²) in [4.78, 5) is 47.2. The maximum absolute atomic E-state index is 13.0. The molecule has 3 aromatic rings. The number of imide groups is 1. The van der Waals surface area contributed by atoms with E-state index in [-0.39, 0.29) is 11.7 Å². The van der Waals surface area contributed by atoms with Gasteiger partial charge in [-0.25, -0.2) is 14.8 Å². The first-order valence-corrected chi connectivity index (χ1v) is 11.8. The van der Waals surface area contributed by atoms with Gasteiger partial charge in [0.15, 0.2) is 11.6 Å². The Morgan fingerprint density at radius 3 is 2.76 bits per heavy atom. The average molecular weight is 466 g/mol. The second kappa shape index (κ2) is 8.51. The van der Waals surface area contributed by atoms with Crippen molar-refractivity contribution in [1.82, 2.24) is 25.7 Å². The van der Waals surface area contributed by atoms with E-state index in [1.807, 2.05) is 24.3 Å². The Morgan fingerprint density at radius 2 is 2.00 bits per heavy atom. The summed E-state index contributed by atoms with van der Waals surface area (Å²) >= 11 is 1.21. The number of nitrogens with zero attached hydrogens (tertiary/aromatic N) is 3. The molecule has 4 amide bonds. The second-order valence-corrected chi connectivity index (χ2v) is 9.47. The van der Waals surface area contributed by atoms with E-state index in [1.165, 1.54) is 11.8 Å². The van der Waals surface area contributed by atoms with Crippen LogP contribution in [0.15, 0.2) is 52.1 Å². The van der Waals surface area contributed by atoms with Gasteiger partial charge in [0.05, 0.1) is 17.5 Å². The highest BCUT2D eigenvalue weighted by atomic mass is 32.2. The number of thioether (sulfide) groups is 1. The standard InChI is InChI=1S/C23H23N5O4S/c1-14-8-10-23(11-9-14)21(30)28(22(31)26-23)27-18(29)13-33-20-15-5-2-3-6-16(15)24-19(25-20)17-7-4-12-32-17/h2-7,12,14H,8-11,13H2,1H3,(H,26,31)(H,27,29). The second-order valence-electron chi connectivity index (χ2n) is 8.51. The Balaban J connectivity index is 1.30. The molecule has 2 aliphatic rings. The molecule has 1 aliphatic heterocycles. The predicted octanol–water partition coefficient (Wildman–Crippen LogP) is 3.51. The molecule has 2 aromatic heterocycles. The van der Waals surface area contributed by atoms with Gasteiger partial charge in [-0.05, 0) is 49.8 Å². The highest BCUT2D eigenvalue weighted by Gasteiger charge is 2.52. The smallest absolute Gasteiger partial charge is 0.344 e. The minimum Gasteiger partial charge on any atom is -0.461 e. The lowest BCUT2D eigenvalue weighted by molar-refractivity contribution is -0.139. The molecule has 2 fully saturated rings. The number of hydrazine groups is 1. The SMILES string of the molecule is CC1CCC2(CC1)NC(=O)N(NC(=O)CSc1nc(-c3ccco3)nc3ccccc13)C2=O. The number of benzene rings is 1. The van der Waals surface area contributed by atoms with Crippen LogP contribution in [0, 0.1) is 5.92 Å². The Bertz CT molecular complexity index is 1220. The maximum atomic E-state index is 13.0. The summed E-state index contributed by atoms with van der Waals surface area (Å²) in [5.74, 6) is 0.591. The molecule has 170 valence electrons. The zero-order valence-corrected chi connectivity index (χ0v) is 18.9. The van der Waals surface area contributed by atoms with Gasteiger partial charge < -0.3 is 9.73 Å². The molecule has 0 bridgehead atoms. The molecular formula is C23H23N5O4S. The third-order valence-corrected chi connectivity index (χ3v) is 7.17. The van der Waals surface area contributed by atoms with Gasteiger partial charge in [0, 0.05) is 5.39 Å². The third kappa shape index (κ3) is 4.06. The molecule has 1 aliphatic carbocycles. The van der Waals surface area contributed by atoms with Crippen molar-refractivity contribution in [3.63, 3.8) is 0 Å². The lowest BCUT2D eigenvalue weighted by atomic mass is 9.77. The van der Waals surface area contributed by atoms with E-state index >= 15 is 0 Å². The van der Waals surface area contributed by atoms with Crippen molar-refractivity contribution < 1.29 is 18.8 Å². The Kier molecular flexibility index (Phi) is 5.53. The summed E-state index contributed by atoms with van der Waals surface area (Å²) in [6, 6.07) is 10.4. The van der Waals surface area contributed by atoms with Crippen LogP contribution >= 0.6 is 11.8 Å². The topological polar surface area (TPSA) is 117 Å². The van der Waals surface area contributed by atoms with E-state index < -0.39 is 17.5 Å². The highest BCUT2D eigenvalue weighted by Crippen LogP contribution is 2.36. The molecule has 1 saturated carbocycles. The predicted molar refractivity (Wildman–Crippen MR) is 122 cm³/mol. The van der Waals surface area contributed by atoms with Crippen LogP contribution in [0.5, 0.6) is 0 Å². The largest absolute Gasteiger partial charge is 0.461 e. The molecule has 33 heavy (non-hydrogen) atoms. The molecule has 2 N–H and O–H groups in total. The molecule has 9 nitrogen and oxygen atoms in total. The van der Waals surface area contributed by atoms with Gasteiger partial charge in [-0.15, -0.1) is 0 Å². The molecule has 1 aromatic carbocycles. The van der Waals surface area contributed by atoms with Crippen molar-refractivity contribution in [2.45, 2.75) is 43.2 Å². The quantitative estimate of drug-likeness (QED) is 0.336. The van der Waals surface area contributed by atoms with Crippen molar-refractivity contribution in [3.05, 3.63) is 42.7 Å². The van der Waals surface area contributed by atoms with Crippen LogP contribution in [0.4, 0.5) is 4.79 Å². The maximum Gasteiger partial charge on any atom is 0.344 e. The number of hydrogen-bond donors (Lipinski definition) is 2. The normalized spacial score (nSPS) is 22.7. The number of nitrogens with one attached hydrogen (secondary N) is 2. The number of rotatable bonds is 5. The highest BCUT2D eigenvalue weighted by molar-refractivity contribution is 8.00. The Hall–Kier alpha value is -3.40. The summed E-state index contributed by atoms with van der Waals surface area (Å²) in [6.07, 6.45) is 4.45. The lowest BCUT2D eigenvalue weighted by Crippen LogP contribution is -2.51. The molecule has 10 heteroatoms. The number of aromatic nitrogens is 2. The molecule has 0 radical (unpaired) electrons. The third-order valence-electron chi connectivity index (χ3n) is 6.18. The van der Waals surface area contributed by atoms with Crippen LogP contribution in [0.25, 0.3) is 22.5 Å². The number of fused-ring (bicyclic) bond motifs is 1. The number of para-hydroxylation sites is 1. The van der Waals surface area contributed by atoms with Crippen LogP contribution in [-0.2, 0) is 9.59 Å². The van der Waals surface area contributed by atoms with Gasteiger partial charge in [0.2, 0.25) is 5.91 Å². The van der Waals surface area contributed by atoms with Crippen LogP contribution < -0.4 is 10.7 Å². The Morgan fingerprint density at radius 1 is 1.21 bits per heavy atom. The first-order valence-electron chi connectivity index (χ1n) is 10.8. The van der Waals surface area contributed by atoms with E-state index in [1.54, 1.807) is 18.4 Å². The number of furan rings is 1. The fourth-order valence-electron chi connectivity index (χ4n) is 4.28. The lowest BCUT2D eigenvalue weighted by Gasteiger charge is -2.33. The fourth-order valence-corrected chi connectivity index (χ4v) is 5.09. The van der Waals surface area contributed by atoms with E-state index in [0.29, 0.717) is 35.4 Å². The van der Waals surface area contributed by atoms with Crippen LogP contribution in [-0.4, -0.2) is 44.1 Å². The van der Waals surface area contributed by atoms with E-state index in [4.69, 9.17) is 4.42 Å². The van der Waals surface area contributed by atoms with Gasteiger partial charge in [0.1, 0.15) is 10.6 Å². The number of carbonyl (C=O) groups is 3. The molecule has 3 heterocycles. The first kappa shape index (κ1) is 21.4. The number of urea groups is 1. The number of hydrogen-bond acceptors (Lipinski definition) is 7. The van der Waals surface area contributed by atoms with Crippen molar-refractivity contribution in [2.75, 3.05) is 5.75 Å². The molecule has 1 spiro atoms. The first-order chi connectivity index (χ1) is 15.9. The van der Waals surface area contributed by atoms with Crippen LogP contribution in [0.1, 0.15) is 32.6 Å². The zero-order chi connectivity index (χ0) is 23.0. The minimum atomic E-state index is -0.898. The summed E-state index contributed by atoms with van der Waals surface area (Å²) in [6.45, 7) is 2.14. The molecule has 0 unspecified atom stereocenters. The zero-order valence-electron chi connectivity index (χ0n) is 18.0. The van der Waals surface area contributed by atoms with E-state index in [9.17, 15) is 14.4 Å². The van der Waals surface area contributed by atoms with Gasteiger partial charge >= 0.3 is 6.03 Å². The number of carbonyl (C=O) groups excluding carboxylic acids is 3. The van der Waals surface area contributed by atoms with Crippen molar-refractivity contribution in [2.24, 2.45) is 5.92 Å². The Labute approximate surface area is 194 Å². The van der Waals surface area contributed by atoms with Crippen molar-refractivity contribution in [1.29, 1.82) is 0 Å². The van der Waals surface area contributed by atoms with Gasteiger partial charge in [-0.2, -0.15) is 5.01 Å². The van der Waals surface area contributed by atoms with Gasteiger partial charge in [-0.3, -0.25) is 15.0 Å². The fraction of sp³-hybridized carbons (Fsp3) is 0.348. The summed E-state index contributed by atoms with van der Waals surface area (Å²) in [5.41, 5.74) is 2.30. The summed E-state index contributed by atoms with van der Waals surface area (Å²) in [7, 11) is 0. The van der Waals surface area contributed by atoms with Gasteiger partial charge in [-0.1, -0.05) is 36.9 Å². The van der Waals surface area contributed by atoms with E-state index in [2.05, 4.69) is 27.6 Å². The van der Waals surface area contributed by atoms with Crippen molar-refractivity contribution in [3.8, 4) is 11.6 Å². The summed E-state index contributed by atoms with van der Waals surface area (Å²) < 4.78 is 5.42. The molecule has 1 saturated heterocycles. The summed E-state index contributed by atoms with van der Waals surface area (Å²) in [5, 5.41) is 5.04. The molecular weight excluding hydrogens is 442 g/mol. The van der Waals surface area contributed by atoms with E-state index in [0.717, 1.165) is 28.8 Å². The van der Waals surface area contributed by atoms with Crippen LogP contribution in [0.3, 0.4) is 0 Å². The monoisotopic (exact) mass is 465 g/mol. The van der Waals surface area contributed by atoms with Crippen LogP contribution in [0.2, 0.25) is 0 Å². The molecule has 0 atom stereocenters. The van der Waals surface area contributed by atoms with Crippen molar-refractivity contribution >= 4 is 40.5 Å². The van der Waals surface area contributed by atoms with Gasteiger partial charge in [0.25, 0.3) is 5.91 Å². The minimum absolute atomic E-state index is 0.0281. The number of amides is 4. The molecule has 5 rings (SSSR count). The average Bonchev–Trinajstić information content (AvgIpc) is 3.43.